The molecule has 1 aliphatic heterocycles. The minimum atomic E-state index is 0.610. The molecule has 1 heterocycles. The van der Waals surface area contributed by atoms with Gasteiger partial charge in [0.1, 0.15) is 5.16 Å². The van der Waals surface area contributed by atoms with E-state index in [1.165, 1.54) is 0 Å². The summed E-state index contributed by atoms with van der Waals surface area (Å²) in [6, 6.07) is 18.3. The fraction of sp³-hybridized carbons (Fsp3) is 0.0625. The van der Waals surface area contributed by atoms with Gasteiger partial charge in [0, 0.05) is 18.2 Å². The molecule has 0 atom stereocenters. The maximum atomic E-state index is 6.23. The maximum Gasteiger partial charge on any atom is 0.127 e. The fourth-order valence-corrected chi connectivity index (χ4v) is 2.32. The molecule has 0 saturated carbocycles. The monoisotopic (exact) mass is 268 g/mol. The zero-order chi connectivity index (χ0) is 13.2. The summed E-state index contributed by atoms with van der Waals surface area (Å²) in [4.78, 5) is 6.49. The summed E-state index contributed by atoms with van der Waals surface area (Å²) in [6.45, 7) is 0. The van der Waals surface area contributed by atoms with E-state index in [1.54, 1.807) is 6.20 Å². The highest BCUT2D eigenvalue weighted by molar-refractivity contribution is 6.32. The Kier molecular flexibility index (Phi) is 3.10. The Hall–Kier alpha value is -2.06. The fourth-order valence-electron chi connectivity index (χ4n) is 2.18. The Labute approximate surface area is 117 Å². The molecule has 0 radical (unpaired) electrons. The summed E-state index contributed by atoms with van der Waals surface area (Å²) in [5.41, 5.74) is 4.18. The first-order chi connectivity index (χ1) is 9.27. The van der Waals surface area contributed by atoms with Gasteiger partial charge in [-0.15, -0.1) is 0 Å². The lowest BCUT2D eigenvalue weighted by Gasteiger charge is -2.19. The smallest absolute Gasteiger partial charge is 0.127 e. The number of fused-ring (bicyclic) bond motifs is 1. The lowest BCUT2D eigenvalue weighted by atomic mass is 10.0. The van der Waals surface area contributed by atoms with Crippen molar-refractivity contribution in [3.63, 3.8) is 0 Å². The van der Waals surface area contributed by atoms with Gasteiger partial charge in [-0.25, -0.2) is 0 Å². The molecule has 2 aromatic rings. The van der Waals surface area contributed by atoms with Crippen LogP contribution < -0.4 is 4.90 Å². The minimum absolute atomic E-state index is 0.610. The summed E-state index contributed by atoms with van der Waals surface area (Å²) < 4.78 is 0. The van der Waals surface area contributed by atoms with Crippen LogP contribution in [0.2, 0.25) is 0 Å². The molecule has 19 heavy (non-hydrogen) atoms. The van der Waals surface area contributed by atoms with Crippen molar-refractivity contribution in [3.8, 4) is 0 Å². The zero-order valence-corrected chi connectivity index (χ0v) is 11.3. The van der Waals surface area contributed by atoms with E-state index in [2.05, 4.69) is 29.3 Å². The van der Waals surface area contributed by atoms with Gasteiger partial charge in [-0.1, -0.05) is 60.1 Å². The first-order valence-electron chi connectivity index (χ1n) is 6.09. The van der Waals surface area contributed by atoms with Gasteiger partial charge in [0.15, 0.2) is 0 Å². The molecular formula is C16H13ClN2. The van der Waals surface area contributed by atoms with E-state index in [1.807, 2.05) is 42.3 Å². The Bertz CT molecular complexity index is 659. The number of aliphatic imine (C=N–C) groups is 1. The minimum Gasteiger partial charge on any atom is -0.333 e. The molecule has 0 aromatic heterocycles. The molecule has 3 rings (SSSR count). The van der Waals surface area contributed by atoms with Crippen molar-refractivity contribution in [1.82, 2.24) is 0 Å². The first kappa shape index (κ1) is 12.0. The van der Waals surface area contributed by atoms with Crippen LogP contribution in [0, 0.1) is 0 Å². The number of anilines is 1. The summed E-state index contributed by atoms with van der Waals surface area (Å²) >= 11 is 6.23. The van der Waals surface area contributed by atoms with E-state index in [4.69, 9.17) is 11.6 Å². The van der Waals surface area contributed by atoms with Gasteiger partial charge < -0.3 is 4.90 Å². The van der Waals surface area contributed by atoms with Crippen molar-refractivity contribution in [2.45, 2.75) is 0 Å². The highest BCUT2D eigenvalue weighted by Crippen LogP contribution is 2.29. The van der Waals surface area contributed by atoms with E-state index in [0.717, 1.165) is 22.5 Å². The van der Waals surface area contributed by atoms with E-state index in [0.29, 0.717) is 5.16 Å². The number of para-hydroxylation sites is 1. The summed E-state index contributed by atoms with van der Waals surface area (Å²) in [7, 11) is 1.95. The average Bonchev–Trinajstić information content (AvgIpc) is 2.59. The van der Waals surface area contributed by atoms with Crippen LogP contribution in [0.25, 0.3) is 0 Å². The number of rotatable bonds is 1. The van der Waals surface area contributed by atoms with Crippen LogP contribution in [0.5, 0.6) is 0 Å². The van der Waals surface area contributed by atoms with Crippen LogP contribution in [0.15, 0.2) is 70.9 Å². The molecular weight excluding hydrogens is 256 g/mol. The predicted molar refractivity (Wildman–Crippen MR) is 80.9 cm³/mol. The first-order valence-corrected chi connectivity index (χ1v) is 6.47. The molecule has 0 amide bonds. The SMILES string of the molecule is CN1C(Cl)=CN=C(c2ccccc2)c2ccccc21. The predicted octanol–water partition coefficient (Wildman–Crippen LogP) is 4.01. The maximum absolute atomic E-state index is 6.23. The van der Waals surface area contributed by atoms with Crippen LogP contribution in [0.1, 0.15) is 11.1 Å². The number of hydrogen-bond donors (Lipinski definition) is 0. The van der Waals surface area contributed by atoms with Crippen molar-refractivity contribution in [2.75, 3.05) is 11.9 Å². The Balaban J connectivity index is 2.23. The quantitative estimate of drug-likeness (QED) is 0.714. The highest BCUT2D eigenvalue weighted by Gasteiger charge is 2.17. The van der Waals surface area contributed by atoms with Gasteiger partial charge in [-0.2, -0.15) is 0 Å². The average molecular weight is 269 g/mol. The molecule has 3 heteroatoms. The number of nitrogens with zero attached hydrogens (tertiary/aromatic N) is 2. The molecule has 0 saturated heterocycles. The lowest BCUT2D eigenvalue weighted by Crippen LogP contribution is -2.15. The number of halogens is 1. The standard InChI is InChI=1S/C16H13ClN2/c1-19-14-10-6-5-9-13(14)16(18-11-15(19)17)12-7-3-2-4-8-12/h2-11H,1H3. The summed E-state index contributed by atoms with van der Waals surface area (Å²) in [6.07, 6.45) is 1.70. The molecule has 0 spiro atoms. The number of benzene rings is 2. The second-order valence-electron chi connectivity index (χ2n) is 4.37. The van der Waals surface area contributed by atoms with Gasteiger partial charge in [0.05, 0.1) is 17.6 Å². The molecule has 2 nitrogen and oxygen atoms in total. The molecule has 1 aliphatic rings. The van der Waals surface area contributed by atoms with Crippen molar-refractivity contribution < 1.29 is 0 Å². The molecule has 0 bridgehead atoms. The van der Waals surface area contributed by atoms with E-state index >= 15 is 0 Å². The van der Waals surface area contributed by atoms with E-state index < -0.39 is 0 Å². The Morgan fingerprint density at radius 3 is 2.42 bits per heavy atom. The van der Waals surface area contributed by atoms with E-state index in [9.17, 15) is 0 Å². The molecule has 0 fully saturated rings. The zero-order valence-electron chi connectivity index (χ0n) is 10.5. The van der Waals surface area contributed by atoms with Gasteiger partial charge in [0.25, 0.3) is 0 Å². The van der Waals surface area contributed by atoms with Crippen LogP contribution in [0.4, 0.5) is 5.69 Å². The van der Waals surface area contributed by atoms with Gasteiger partial charge >= 0.3 is 0 Å². The second-order valence-corrected chi connectivity index (χ2v) is 4.76. The van der Waals surface area contributed by atoms with Crippen LogP contribution in [-0.2, 0) is 0 Å². The topological polar surface area (TPSA) is 15.6 Å². The highest BCUT2D eigenvalue weighted by atomic mass is 35.5. The van der Waals surface area contributed by atoms with Gasteiger partial charge in [-0.3, -0.25) is 4.99 Å². The summed E-state index contributed by atoms with van der Waals surface area (Å²) in [5.74, 6) is 0. The van der Waals surface area contributed by atoms with Crippen LogP contribution in [0.3, 0.4) is 0 Å². The lowest BCUT2D eigenvalue weighted by molar-refractivity contribution is 1.17. The van der Waals surface area contributed by atoms with Crippen molar-refractivity contribution in [1.29, 1.82) is 0 Å². The van der Waals surface area contributed by atoms with Crippen molar-refractivity contribution in [2.24, 2.45) is 4.99 Å². The van der Waals surface area contributed by atoms with Crippen molar-refractivity contribution >= 4 is 23.0 Å². The van der Waals surface area contributed by atoms with Crippen LogP contribution in [-0.4, -0.2) is 12.8 Å². The normalized spacial score (nSPS) is 14.3. The largest absolute Gasteiger partial charge is 0.333 e. The summed E-state index contributed by atoms with van der Waals surface area (Å²) in [5, 5.41) is 0.610. The van der Waals surface area contributed by atoms with Crippen LogP contribution >= 0.6 is 11.6 Å². The third kappa shape index (κ3) is 2.15. The third-order valence-electron chi connectivity index (χ3n) is 3.19. The Morgan fingerprint density at radius 1 is 0.947 bits per heavy atom. The third-order valence-corrected chi connectivity index (χ3v) is 3.54. The Morgan fingerprint density at radius 2 is 1.63 bits per heavy atom. The van der Waals surface area contributed by atoms with Gasteiger partial charge in [0.2, 0.25) is 0 Å². The van der Waals surface area contributed by atoms with Gasteiger partial charge in [-0.05, 0) is 6.07 Å². The number of hydrogen-bond acceptors (Lipinski definition) is 2. The molecule has 0 N–H and O–H groups in total. The molecule has 2 aromatic carbocycles. The molecule has 0 aliphatic carbocycles. The second kappa shape index (κ2) is 4.90. The molecule has 0 unspecified atom stereocenters. The van der Waals surface area contributed by atoms with E-state index in [-0.39, 0.29) is 0 Å². The molecule has 94 valence electrons. The van der Waals surface area contributed by atoms with Crippen molar-refractivity contribution in [3.05, 3.63) is 77.1 Å².